The SMILES string of the molecule is CC1CN(C(=O)CN2CCCC2c2cccs2)CC(C)O1. The van der Waals surface area contributed by atoms with E-state index in [0.717, 1.165) is 19.6 Å². The lowest BCUT2D eigenvalue weighted by atomic mass is 10.2. The molecule has 3 unspecified atom stereocenters. The Hall–Kier alpha value is -0.910. The van der Waals surface area contributed by atoms with Crippen LogP contribution >= 0.6 is 11.3 Å². The molecule has 1 aromatic rings. The van der Waals surface area contributed by atoms with E-state index in [1.54, 1.807) is 11.3 Å². The number of likely N-dealkylation sites (tertiary alicyclic amines) is 1. The number of thiophene rings is 1. The van der Waals surface area contributed by atoms with Gasteiger partial charge in [0.25, 0.3) is 0 Å². The zero-order chi connectivity index (χ0) is 14.8. The van der Waals surface area contributed by atoms with Crippen molar-refractivity contribution in [3.63, 3.8) is 0 Å². The largest absolute Gasteiger partial charge is 0.372 e. The van der Waals surface area contributed by atoms with Gasteiger partial charge in [-0.05, 0) is 44.7 Å². The van der Waals surface area contributed by atoms with E-state index in [4.69, 9.17) is 4.74 Å². The smallest absolute Gasteiger partial charge is 0.236 e. The summed E-state index contributed by atoms with van der Waals surface area (Å²) in [6.45, 7) is 7.10. The Morgan fingerprint density at radius 2 is 2.14 bits per heavy atom. The van der Waals surface area contributed by atoms with E-state index >= 15 is 0 Å². The Bertz CT molecular complexity index is 467. The van der Waals surface area contributed by atoms with Crippen molar-refractivity contribution in [3.05, 3.63) is 22.4 Å². The predicted molar refractivity (Wildman–Crippen MR) is 84.5 cm³/mol. The Kier molecular flexibility index (Phi) is 4.62. The van der Waals surface area contributed by atoms with Gasteiger partial charge in [0.2, 0.25) is 5.91 Å². The van der Waals surface area contributed by atoms with Crippen molar-refractivity contribution >= 4 is 17.2 Å². The number of hydrogen-bond donors (Lipinski definition) is 0. The molecule has 0 aliphatic carbocycles. The maximum absolute atomic E-state index is 12.6. The van der Waals surface area contributed by atoms with Crippen molar-refractivity contribution in [3.8, 4) is 0 Å². The lowest BCUT2D eigenvalue weighted by Gasteiger charge is -2.36. The first-order chi connectivity index (χ1) is 10.1. The molecule has 5 heteroatoms. The third-order valence-corrected chi connectivity index (χ3v) is 5.32. The molecule has 116 valence electrons. The van der Waals surface area contributed by atoms with Gasteiger partial charge in [-0.3, -0.25) is 9.69 Å². The van der Waals surface area contributed by atoms with E-state index in [0.29, 0.717) is 12.6 Å². The van der Waals surface area contributed by atoms with Crippen molar-refractivity contribution in [2.45, 2.75) is 44.9 Å². The number of carbonyl (C=O) groups excluding carboxylic acids is 1. The third kappa shape index (κ3) is 3.47. The van der Waals surface area contributed by atoms with Crippen LogP contribution in [0.2, 0.25) is 0 Å². The molecule has 2 fully saturated rings. The molecule has 4 nitrogen and oxygen atoms in total. The molecule has 1 amide bonds. The number of nitrogens with zero attached hydrogens (tertiary/aromatic N) is 2. The Morgan fingerprint density at radius 3 is 2.81 bits per heavy atom. The van der Waals surface area contributed by atoms with Crippen LogP contribution in [-0.4, -0.2) is 54.1 Å². The van der Waals surface area contributed by atoms with Gasteiger partial charge in [0, 0.05) is 24.0 Å². The van der Waals surface area contributed by atoms with Crippen molar-refractivity contribution in [2.24, 2.45) is 0 Å². The zero-order valence-electron chi connectivity index (χ0n) is 12.8. The first-order valence-electron chi connectivity index (χ1n) is 7.84. The summed E-state index contributed by atoms with van der Waals surface area (Å²) in [7, 11) is 0. The number of morpholine rings is 1. The van der Waals surface area contributed by atoms with Gasteiger partial charge in [0.1, 0.15) is 0 Å². The molecule has 3 rings (SSSR count). The van der Waals surface area contributed by atoms with Gasteiger partial charge in [0.05, 0.1) is 18.8 Å². The molecule has 2 aliphatic heterocycles. The van der Waals surface area contributed by atoms with Gasteiger partial charge >= 0.3 is 0 Å². The molecular weight excluding hydrogens is 284 g/mol. The number of ether oxygens (including phenoxy) is 1. The van der Waals surface area contributed by atoms with Crippen LogP contribution in [0, 0.1) is 0 Å². The average molecular weight is 308 g/mol. The van der Waals surface area contributed by atoms with Gasteiger partial charge in [-0.1, -0.05) is 6.07 Å². The van der Waals surface area contributed by atoms with E-state index < -0.39 is 0 Å². The molecule has 2 saturated heterocycles. The van der Waals surface area contributed by atoms with Crippen molar-refractivity contribution < 1.29 is 9.53 Å². The van der Waals surface area contributed by atoms with Gasteiger partial charge < -0.3 is 9.64 Å². The number of rotatable bonds is 3. The van der Waals surface area contributed by atoms with Crippen LogP contribution in [0.3, 0.4) is 0 Å². The average Bonchev–Trinajstić information content (AvgIpc) is 3.07. The molecule has 1 aromatic heterocycles. The second-order valence-electron chi connectivity index (χ2n) is 6.20. The molecule has 3 atom stereocenters. The standard InChI is InChI=1S/C16H24N2O2S/c1-12-9-18(10-13(2)20-12)16(19)11-17-7-3-5-14(17)15-6-4-8-21-15/h4,6,8,12-14H,3,5,7,9-11H2,1-2H3. The summed E-state index contributed by atoms with van der Waals surface area (Å²) in [6, 6.07) is 4.73. The molecule has 2 aliphatic rings. The molecule has 0 spiro atoms. The zero-order valence-corrected chi connectivity index (χ0v) is 13.6. The summed E-state index contributed by atoms with van der Waals surface area (Å²) in [5, 5.41) is 2.12. The summed E-state index contributed by atoms with van der Waals surface area (Å²) in [5.41, 5.74) is 0. The summed E-state index contributed by atoms with van der Waals surface area (Å²) >= 11 is 1.80. The van der Waals surface area contributed by atoms with E-state index in [1.165, 1.54) is 17.7 Å². The van der Waals surface area contributed by atoms with E-state index in [1.807, 2.05) is 18.7 Å². The van der Waals surface area contributed by atoms with Gasteiger partial charge in [0.15, 0.2) is 0 Å². The fourth-order valence-electron chi connectivity index (χ4n) is 3.47. The monoisotopic (exact) mass is 308 g/mol. The fourth-order valence-corrected chi connectivity index (χ4v) is 4.37. The van der Waals surface area contributed by atoms with E-state index in [9.17, 15) is 4.79 Å². The second kappa shape index (κ2) is 6.46. The van der Waals surface area contributed by atoms with E-state index in [2.05, 4.69) is 22.4 Å². The predicted octanol–water partition coefficient (Wildman–Crippen LogP) is 2.52. The Balaban J connectivity index is 1.61. The van der Waals surface area contributed by atoms with Crippen LogP contribution in [0.25, 0.3) is 0 Å². The third-order valence-electron chi connectivity index (χ3n) is 4.35. The summed E-state index contributed by atoms with van der Waals surface area (Å²) in [5.74, 6) is 0.250. The maximum atomic E-state index is 12.6. The molecular formula is C16H24N2O2S. The summed E-state index contributed by atoms with van der Waals surface area (Å²) < 4.78 is 5.71. The lowest BCUT2D eigenvalue weighted by Crippen LogP contribution is -2.51. The van der Waals surface area contributed by atoms with Gasteiger partial charge in [-0.15, -0.1) is 11.3 Å². The first kappa shape index (κ1) is 15.0. The summed E-state index contributed by atoms with van der Waals surface area (Å²) in [4.78, 5) is 18.3. The highest BCUT2D eigenvalue weighted by atomic mass is 32.1. The number of amides is 1. The lowest BCUT2D eigenvalue weighted by molar-refractivity contribution is -0.144. The molecule has 0 N–H and O–H groups in total. The molecule has 0 bridgehead atoms. The first-order valence-corrected chi connectivity index (χ1v) is 8.72. The van der Waals surface area contributed by atoms with Crippen LogP contribution in [-0.2, 0) is 9.53 Å². The topological polar surface area (TPSA) is 32.8 Å². The van der Waals surface area contributed by atoms with E-state index in [-0.39, 0.29) is 18.1 Å². The van der Waals surface area contributed by atoms with Crippen LogP contribution in [0.4, 0.5) is 0 Å². The highest BCUT2D eigenvalue weighted by Gasteiger charge is 2.31. The van der Waals surface area contributed by atoms with Crippen LogP contribution in [0.5, 0.6) is 0 Å². The van der Waals surface area contributed by atoms with Crippen LogP contribution < -0.4 is 0 Å². The maximum Gasteiger partial charge on any atom is 0.236 e. The van der Waals surface area contributed by atoms with Gasteiger partial charge in [-0.25, -0.2) is 0 Å². The van der Waals surface area contributed by atoms with Crippen LogP contribution in [0.1, 0.15) is 37.6 Å². The quantitative estimate of drug-likeness (QED) is 0.860. The molecule has 0 saturated carbocycles. The highest BCUT2D eigenvalue weighted by molar-refractivity contribution is 7.10. The molecule has 0 radical (unpaired) electrons. The van der Waals surface area contributed by atoms with Crippen molar-refractivity contribution in [2.75, 3.05) is 26.2 Å². The summed E-state index contributed by atoms with van der Waals surface area (Å²) in [6.07, 6.45) is 2.64. The van der Waals surface area contributed by atoms with Crippen molar-refractivity contribution in [1.29, 1.82) is 0 Å². The minimum Gasteiger partial charge on any atom is -0.372 e. The molecule has 21 heavy (non-hydrogen) atoms. The Morgan fingerprint density at radius 1 is 1.38 bits per heavy atom. The minimum atomic E-state index is 0.143. The molecule has 0 aromatic carbocycles. The second-order valence-corrected chi connectivity index (χ2v) is 7.18. The van der Waals surface area contributed by atoms with Crippen LogP contribution in [0.15, 0.2) is 17.5 Å². The molecule has 3 heterocycles. The normalized spacial score (nSPS) is 30.8. The minimum absolute atomic E-state index is 0.143. The number of hydrogen-bond acceptors (Lipinski definition) is 4. The highest BCUT2D eigenvalue weighted by Crippen LogP contribution is 2.34. The fraction of sp³-hybridized carbons (Fsp3) is 0.688. The number of carbonyl (C=O) groups is 1. The Labute approximate surface area is 130 Å². The van der Waals surface area contributed by atoms with Gasteiger partial charge in [-0.2, -0.15) is 0 Å². The van der Waals surface area contributed by atoms with Crippen molar-refractivity contribution in [1.82, 2.24) is 9.80 Å².